The van der Waals surface area contributed by atoms with Gasteiger partial charge in [0.15, 0.2) is 5.56 Å². The Morgan fingerprint density at radius 2 is 2.08 bits per heavy atom. The smallest absolute Gasteiger partial charge is 0.269 e. The molecule has 1 aromatic carbocycles. The highest BCUT2D eigenvalue weighted by Crippen LogP contribution is 2.22. The van der Waals surface area contributed by atoms with Gasteiger partial charge in [0.25, 0.3) is 11.5 Å². The number of benzene rings is 1. The van der Waals surface area contributed by atoms with Gasteiger partial charge in [-0.2, -0.15) is 15.2 Å². The third-order valence-corrected chi connectivity index (χ3v) is 3.93. The number of carbonyl (C=O) groups excluding carboxylic acids is 1. The lowest BCUT2D eigenvalue weighted by Crippen LogP contribution is -2.28. The fourth-order valence-electron chi connectivity index (χ4n) is 2.36. The van der Waals surface area contributed by atoms with Crippen molar-refractivity contribution in [2.45, 2.75) is 6.92 Å². The summed E-state index contributed by atoms with van der Waals surface area (Å²) in [6.45, 7) is 3.01. The molecule has 0 unspecified atom stereocenters. The van der Waals surface area contributed by atoms with Crippen molar-refractivity contribution in [2.75, 3.05) is 30.4 Å². The van der Waals surface area contributed by atoms with Crippen molar-refractivity contribution in [2.24, 2.45) is 10.2 Å². The van der Waals surface area contributed by atoms with Crippen LogP contribution in [-0.4, -0.2) is 41.1 Å². The monoisotopic (exact) mass is 354 g/mol. The second-order valence-corrected chi connectivity index (χ2v) is 5.65. The molecule has 9 heteroatoms. The number of H-pyrrole nitrogens is 1. The molecule has 0 saturated heterocycles. The first-order valence-electron chi connectivity index (χ1n) is 8.03. The Morgan fingerprint density at radius 3 is 2.65 bits per heavy atom. The average Bonchev–Trinajstić information content (AvgIpc) is 3.15. The molecule has 0 saturated carbocycles. The number of nitrogens with one attached hydrogen (secondary N) is 2. The number of aromatic hydroxyl groups is 1. The molecule has 0 fully saturated rings. The van der Waals surface area contributed by atoms with Crippen molar-refractivity contribution in [3.05, 3.63) is 51.8 Å². The van der Waals surface area contributed by atoms with Crippen LogP contribution >= 0.6 is 0 Å². The first-order chi connectivity index (χ1) is 12.5. The van der Waals surface area contributed by atoms with Crippen molar-refractivity contribution in [1.82, 2.24) is 9.97 Å². The van der Waals surface area contributed by atoms with Gasteiger partial charge >= 0.3 is 0 Å². The zero-order valence-corrected chi connectivity index (χ0v) is 14.4. The number of rotatable bonds is 5. The first kappa shape index (κ1) is 17.3. The second kappa shape index (κ2) is 7.18. The van der Waals surface area contributed by atoms with Crippen LogP contribution in [0.1, 0.15) is 22.8 Å². The number of azo groups is 1. The van der Waals surface area contributed by atoms with Gasteiger partial charge in [0, 0.05) is 24.8 Å². The molecule has 1 aliphatic heterocycles. The van der Waals surface area contributed by atoms with Crippen LogP contribution in [0.2, 0.25) is 0 Å². The molecule has 0 bridgehead atoms. The van der Waals surface area contributed by atoms with Crippen LogP contribution in [-0.2, 0) is 0 Å². The maximum absolute atomic E-state index is 12.4. The highest BCUT2D eigenvalue weighted by atomic mass is 16.3. The fraction of sp³-hybridized carbons (Fsp3) is 0.235. The van der Waals surface area contributed by atoms with E-state index in [1.165, 1.54) is 0 Å². The van der Waals surface area contributed by atoms with E-state index in [2.05, 4.69) is 25.5 Å². The minimum Gasteiger partial charge on any atom is -0.492 e. The van der Waals surface area contributed by atoms with E-state index in [4.69, 9.17) is 0 Å². The average molecular weight is 354 g/mol. The molecule has 26 heavy (non-hydrogen) atoms. The van der Waals surface area contributed by atoms with E-state index >= 15 is 0 Å². The number of nitrogens with zero attached hydrogens (tertiary/aromatic N) is 4. The van der Waals surface area contributed by atoms with E-state index in [-0.39, 0.29) is 5.95 Å². The van der Waals surface area contributed by atoms with Crippen LogP contribution in [0, 0.1) is 0 Å². The van der Waals surface area contributed by atoms with Gasteiger partial charge in [0.1, 0.15) is 0 Å². The molecular weight excluding hydrogens is 336 g/mol. The number of carbonyl (C=O) groups is 1. The zero-order chi connectivity index (χ0) is 18.7. The van der Waals surface area contributed by atoms with Crippen LogP contribution in [0.25, 0.3) is 5.70 Å². The lowest BCUT2D eigenvalue weighted by atomic mass is 10.1. The number of hydrogen-bond donors (Lipinski definition) is 3. The van der Waals surface area contributed by atoms with Crippen molar-refractivity contribution < 1.29 is 9.90 Å². The Morgan fingerprint density at radius 1 is 1.35 bits per heavy atom. The quantitative estimate of drug-likeness (QED) is 0.758. The summed E-state index contributed by atoms with van der Waals surface area (Å²) in [5.74, 6) is -1.17. The van der Waals surface area contributed by atoms with Crippen molar-refractivity contribution in [3.63, 3.8) is 0 Å². The van der Waals surface area contributed by atoms with E-state index in [1.54, 1.807) is 36.2 Å². The molecular formula is C17H18N6O3. The summed E-state index contributed by atoms with van der Waals surface area (Å²) in [7, 11) is 1.71. The predicted molar refractivity (Wildman–Crippen MR) is 97.6 cm³/mol. The number of hydrogen-bond acceptors (Lipinski definition) is 7. The van der Waals surface area contributed by atoms with Gasteiger partial charge in [-0.05, 0) is 25.1 Å². The van der Waals surface area contributed by atoms with Gasteiger partial charge in [0.05, 0.1) is 12.2 Å². The van der Waals surface area contributed by atoms with Crippen LogP contribution < -0.4 is 15.8 Å². The third-order valence-electron chi connectivity index (χ3n) is 3.93. The molecule has 9 nitrogen and oxygen atoms in total. The molecule has 2 aromatic rings. The topological polar surface area (TPSA) is 123 Å². The predicted octanol–water partition coefficient (Wildman–Crippen LogP) is 1.99. The molecule has 134 valence electrons. The summed E-state index contributed by atoms with van der Waals surface area (Å²) >= 11 is 0. The first-order valence-corrected chi connectivity index (χ1v) is 8.03. The molecule has 1 aromatic heterocycles. The summed E-state index contributed by atoms with van der Waals surface area (Å²) in [5, 5.41) is 20.5. The maximum Gasteiger partial charge on any atom is 0.269 e. The van der Waals surface area contributed by atoms with Gasteiger partial charge in [-0.15, -0.1) is 0 Å². The molecule has 0 aliphatic carbocycles. The molecule has 0 spiro atoms. The molecule has 0 radical (unpaired) electrons. The lowest BCUT2D eigenvalue weighted by Gasteiger charge is -2.15. The Bertz CT molecular complexity index is 946. The molecule has 1 amide bonds. The van der Waals surface area contributed by atoms with Gasteiger partial charge in [-0.25, -0.2) is 0 Å². The lowest BCUT2D eigenvalue weighted by molar-refractivity contribution is 0.102. The molecule has 3 N–H and O–H groups in total. The molecule has 1 aliphatic rings. The highest BCUT2D eigenvalue weighted by molar-refractivity contribution is 6.05. The Kier molecular flexibility index (Phi) is 4.78. The summed E-state index contributed by atoms with van der Waals surface area (Å²) in [6.07, 6.45) is 1.89. The van der Waals surface area contributed by atoms with Gasteiger partial charge < -0.3 is 15.3 Å². The van der Waals surface area contributed by atoms with Crippen LogP contribution in [0.5, 0.6) is 5.88 Å². The highest BCUT2D eigenvalue weighted by Gasteiger charge is 2.20. The summed E-state index contributed by atoms with van der Waals surface area (Å²) in [6, 6.07) is 6.93. The molecule has 0 atom stereocenters. The Balaban J connectivity index is 1.80. The minimum absolute atomic E-state index is 0.190. The van der Waals surface area contributed by atoms with Crippen molar-refractivity contribution >= 4 is 23.2 Å². The fourth-order valence-corrected chi connectivity index (χ4v) is 2.36. The number of aromatic nitrogens is 2. The second-order valence-electron chi connectivity index (χ2n) is 5.65. The van der Waals surface area contributed by atoms with Gasteiger partial charge in [0.2, 0.25) is 11.8 Å². The van der Waals surface area contributed by atoms with E-state index in [9.17, 15) is 14.7 Å². The Hall–Kier alpha value is -3.49. The van der Waals surface area contributed by atoms with Crippen molar-refractivity contribution in [3.8, 4) is 5.88 Å². The number of aromatic amines is 1. The van der Waals surface area contributed by atoms with Crippen LogP contribution in [0.15, 0.2) is 45.4 Å². The van der Waals surface area contributed by atoms with Crippen LogP contribution in [0.3, 0.4) is 0 Å². The van der Waals surface area contributed by atoms with Crippen molar-refractivity contribution in [1.29, 1.82) is 0 Å². The van der Waals surface area contributed by atoms with E-state index in [0.717, 1.165) is 11.3 Å². The van der Waals surface area contributed by atoms with E-state index in [0.29, 0.717) is 18.8 Å². The maximum atomic E-state index is 12.4. The third kappa shape index (κ3) is 3.46. The molecule has 3 rings (SSSR count). The number of anilines is 2. The SMILES string of the molecule is CCN(C)c1nc(O)c(C(=O)Nc2ccc(C3=CCN=N3)cc2)c(=O)[nH]1. The van der Waals surface area contributed by atoms with Gasteiger partial charge in [-0.1, -0.05) is 12.1 Å². The summed E-state index contributed by atoms with van der Waals surface area (Å²) in [5.41, 5.74) is 0.978. The van der Waals surface area contributed by atoms with Gasteiger partial charge in [-0.3, -0.25) is 14.6 Å². The largest absolute Gasteiger partial charge is 0.492 e. The minimum atomic E-state index is -0.741. The molecule has 2 heterocycles. The summed E-state index contributed by atoms with van der Waals surface area (Å²) < 4.78 is 0. The van der Waals surface area contributed by atoms with E-state index < -0.39 is 22.9 Å². The Labute approximate surface area is 149 Å². The zero-order valence-electron chi connectivity index (χ0n) is 14.4. The normalized spacial score (nSPS) is 12.8. The number of amides is 1. The van der Waals surface area contributed by atoms with Crippen LogP contribution in [0.4, 0.5) is 11.6 Å². The van der Waals surface area contributed by atoms with E-state index in [1.807, 2.05) is 13.0 Å². The summed E-state index contributed by atoms with van der Waals surface area (Å²) in [4.78, 5) is 32.5. The standard InChI is InChI=1S/C17H18N6O3/c1-3-23(2)17-20-15(25)13(16(26)21-17)14(24)19-11-6-4-10(5-7-11)12-8-9-18-22-12/h4-8H,3,9H2,1-2H3,(H,19,24)(H2,20,21,25,26).